The Kier molecular flexibility index (Phi) is 5.65. The largest absolute Gasteiger partial charge is 0.434 e. The standard InChI is InChI=1S/C14H15BrF5NO/c15-11-7-9(1-2-12(11)22-13(16)17)8-21-5-3-10(4-6-21)14(18,19)20/h1-2,7,10,13H,3-6,8H2. The van der Waals surface area contributed by atoms with E-state index >= 15 is 0 Å². The van der Waals surface area contributed by atoms with E-state index in [1.807, 2.05) is 4.90 Å². The van der Waals surface area contributed by atoms with Gasteiger partial charge in [-0.1, -0.05) is 6.07 Å². The lowest BCUT2D eigenvalue weighted by Crippen LogP contribution is -2.38. The van der Waals surface area contributed by atoms with Crippen molar-refractivity contribution in [2.24, 2.45) is 5.92 Å². The Morgan fingerprint density at radius 1 is 1.23 bits per heavy atom. The van der Waals surface area contributed by atoms with E-state index in [4.69, 9.17) is 0 Å². The summed E-state index contributed by atoms with van der Waals surface area (Å²) in [6, 6.07) is 4.71. The molecule has 0 spiro atoms. The van der Waals surface area contributed by atoms with Gasteiger partial charge in [0.2, 0.25) is 0 Å². The lowest BCUT2D eigenvalue weighted by atomic mass is 9.96. The molecular weight excluding hydrogens is 373 g/mol. The molecule has 22 heavy (non-hydrogen) atoms. The Balaban J connectivity index is 1.91. The summed E-state index contributed by atoms with van der Waals surface area (Å²) < 4.78 is 66.8. The van der Waals surface area contributed by atoms with Crippen molar-refractivity contribution in [1.29, 1.82) is 0 Å². The molecule has 0 saturated carbocycles. The molecule has 0 aliphatic carbocycles. The summed E-state index contributed by atoms with van der Waals surface area (Å²) >= 11 is 3.15. The van der Waals surface area contributed by atoms with Crippen molar-refractivity contribution in [1.82, 2.24) is 4.90 Å². The van der Waals surface area contributed by atoms with Crippen LogP contribution in [0.1, 0.15) is 18.4 Å². The second-order valence-corrected chi connectivity index (χ2v) is 6.09. The molecule has 1 aromatic carbocycles. The van der Waals surface area contributed by atoms with E-state index in [1.165, 1.54) is 6.07 Å². The van der Waals surface area contributed by atoms with Crippen molar-refractivity contribution in [2.75, 3.05) is 13.1 Å². The maximum Gasteiger partial charge on any atom is 0.391 e. The van der Waals surface area contributed by atoms with E-state index < -0.39 is 18.7 Å². The Bertz CT molecular complexity index is 500. The highest BCUT2D eigenvalue weighted by molar-refractivity contribution is 9.10. The minimum absolute atomic E-state index is 0.0366. The highest BCUT2D eigenvalue weighted by Crippen LogP contribution is 2.35. The molecule has 1 aliphatic heterocycles. The maximum atomic E-state index is 12.6. The van der Waals surface area contributed by atoms with Crippen molar-refractivity contribution >= 4 is 15.9 Å². The van der Waals surface area contributed by atoms with Gasteiger partial charge < -0.3 is 4.74 Å². The summed E-state index contributed by atoms with van der Waals surface area (Å²) in [6.07, 6.45) is -3.93. The van der Waals surface area contributed by atoms with E-state index in [-0.39, 0.29) is 18.6 Å². The summed E-state index contributed by atoms with van der Waals surface area (Å²) in [4.78, 5) is 1.93. The summed E-state index contributed by atoms with van der Waals surface area (Å²) in [5.41, 5.74) is 0.832. The SMILES string of the molecule is FC(F)Oc1ccc(CN2CCC(C(F)(F)F)CC2)cc1Br. The van der Waals surface area contributed by atoms with Gasteiger partial charge in [0.15, 0.2) is 0 Å². The highest BCUT2D eigenvalue weighted by Gasteiger charge is 2.40. The average Bonchev–Trinajstić information content (AvgIpc) is 2.41. The van der Waals surface area contributed by atoms with Crippen molar-refractivity contribution in [3.63, 3.8) is 0 Å². The second-order valence-electron chi connectivity index (χ2n) is 5.24. The summed E-state index contributed by atoms with van der Waals surface area (Å²) in [5, 5.41) is 0. The van der Waals surface area contributed by atoms with Gasteiger partial charge in [0.25, 0.3) is 0 Å². The van der Waals surface area contributed by atoms with Gasteiger partial charge in [-0.05, 0) is 59.6 Å². The van der Waals surface area contributed by atoms with Crippen LogP contribution in [0.3, 0.4) is 0 Å². The molecule has 0 radical (unpaired) electrons. The van der Waals surface area contributed by atoms with Crippen molar-refractivity contribution in [2.45, 2.75) is 32.2 Å². The maximum absolute atomic E-state index is 12.6. The molecular formula is C14H15BrF5NO. The molecule has 2 rings (SSSR count). The lowest BCUT2D eigenvalue weighted by molar-refractivity contribution is -0.185. The average molecular weight is 388 g/mol. The van der Waals surface area contributed by atoms with Crippen LogP contribution in [0.2, 0.25) is 0 Å². The fourth-order valence-corrected chi connectivity index (χ4v) is 3.03. The molecule has 0 aromatic heterocycles. The molecule has 0 bridgehead atoms. The number of piperidine rings is 1. The zero-order valence-corrected chi connectivity index (χ0v) is 13.1. The number of benzene rings is 1. The van der Waals surface area contributed by atoms with Crippen LogP contribution < -0.4 is 4.74 Å². The fourth-order valence-electron chi connectivity index (χ4n) is 2.51. The van der Waals surface area contributed by atoms with Crippen molar-refractivity contribution < 1.29 is 26.7 Å². The predicted octanol–water partition coefficient (Wildman–Crippen LogP) is 4.82. The molecule has 1 saturated heterocycles. The van der Waals surface area contributed by atoms with Crippen LogP contribution in [-0.2, 0) is 6.54 Å². The number of hydrogen-bond acceptors (Lipinski definition) is 2. The first-order chi connectivity index (χ1) is 10.3. The Morgan fingerprint density at radius 3 is 2.36 bits per heavy atom. The van der Waals surface area contributed by atoms with E-state index in [1.54, 1.807) is 12.1 Å². The molecule has 0 atom stereocenters. The molecule has 0 unspecified atom stereocenters. The summed E-state index contributed by atoms with van der Waals surface area (Å²) in [5.74, 6) is -1.19. The number of likely N-dealkylation sites (tertiary alicyclic amines) is 1. The number of ether oxygens (including phenoxy) is 1. The molecule has 1 heterocycles. The molecule has 124 valence electrons. The fraction of sp³-hybridized carbons (Fsp3) is 0.571. The normalized spacial score (nSPS) is 18.0. The van der Waals surface area contributed by atoms with Gasteiger partial charge >= 0.3 is 12.8 Å². The minimum Gasteiger partial charge on any atom is -0.434 e. The van der Waals surface area contributed by atoms with E-state index in [0.717, 1.165) is 5.56 Å². The van der Waals surface area contributed by atoms with E-state index in [9.17, 15) is 22.0 Å². The molecule has 1 fully saturated rings. The van der Waals surface area contributed by atoms with E-state index in [2.05, 4.69) is 20.7 Å². The molecule has 0 N–H and O–H groups in total. The van der Waals surface area contributed by atoms with E-state index in [0.29, 0.717) is 24.1 Å². The van der Waals surface area contributed by atoms with Crippen molar-refractivity contribution in [3.8, 4) is 5.75 Å². The smallest absolute Gasteiger partial charge is 0.391 e. The third-order valence-corrected chi connectivity index (χ3v) is 4.29. The second kappa shape index (κ2) is 7.12. The summed E-state index contributed by atoms with van der Waals surface area (Å²) in [6.45, 7) is -1.67. The zero-order chi connectivity index (χ0) is 16.3. The molecule has 0 amide bonds. The molecule has 1 aliphatic rings. The minimum atomic E-state index is -4.12. The van der Waals surface area contributed by atoms with Crippen LogP contribution in [-0.4, -0.2) is 30.8 Å². The quantitative estimate of drug-likeness (QED) is 0.686. The monoisotopic (exact) mass is 387 g/mol. The van der Waals surface area contributed by atoms with Gasteiger partial charge in [0.05, 0.1) is 10.4 Å². The van der Waals surface area contributed by atoms with Crippen LogP contribution in [0, 0.1) is 5.92 Å². The Labute approximate surface area is 133 Å². The van der Waals surface area contributed by atoms with Gasteiger partial charge in [0, 0.05) is 6.54 Å². The third kappa shape index (κ3) is 4.81. The van der Waals surface area contributed by atoms with Gasteiger partial charge in [-0.25, -0.2) is 0 Å². The van der Waals surface area contributed by atoms with Gasteiger partial charge in [-0.15, -0.1) is 0 Å². The molecule has 2 nitrogen and oxygen atoms in total. The number of hydrogen-bond donors (Lipinski definition) is 0. The molecule has 1 aromatic rings. The van der Waals surface area contributed by atoms with Gasteiger partial charge in [0.1, 0.15) is 5.75 Å². The van der Waals surface area contributed by atoms with Gasteiger partial charge in [-0.3, -0.25) is 4.90 Å². The van der Waals surface area contributed by atoms with Crippen LogP contribution in [0.15, 0.2) is 22.7 Å². The first-order valence-corrected chi connectivity index (χ1v) is 7.57. The zero-order valence-electron chi connectivity index (χ0n) is 11.5. The predicted molar refractivity (Wildman–Crippen MR) is 74.8 cm³/mol. The first-order valence-electron chi connectivity index (χ1n) is 6.78. The first kappa shape index (κ1) is 17.5. The van der Waals surface area contributed by atoms with Crippen LogP contribution in [0.5, 0.6) is 5.75 Å². The number of nitrogens with zero attached hydrogens (tertiary/aromatic N) is 1. The third-order valence-electron chi connectivity index (χ3n) is 3.67. The Morgan fingerprint density at radius 2 is 1.86 bits per heavy atom. The van der Waals surface area contributed by atoms with Crippen LogP contribution in [0.4, 0.5) is 22.0 Å². The van der Waals surface area contributed by atoms with Gasteiger partial charge in [-0.2, -0.15) is 22.0 Å². The lowest BCUT2D eigenvalue weighted by Gasteiger charge is -2.32. The number of halogens is 6. The van der Waals surface area contributed by atoms with Crippen molar-refractivity contribution in [3.05, 3.63) is 28.2 Å². The van der Waals surface area contributed by atoms with Crippen LogP contribution in [0.25, 0.3) is 0 Å². The topological polar surface area (TPSA) is 12.5 Å². The molecule has 8 heteroatoms. The number of alkyl halides is 5. The highest BCUT2D eigenvalue weighted by atomic mass is 79.9. The summed E-state index contributed by atoms with van der Waals surface area (Å²) in [7, 11) is 0. The number of rotatable bonds is 4. The Hall–Kier alpha value is -0.890. The van der Waals surface area contributed by atoms with Crippen LogP contribution >= 0.6 is 15.9 Å².